The molecule has 0 saturated carbocycles. The molecule has 1 heteroatoms. The van der Waals surface area contributed by atoms with Crippen LogP contribution >= 0.6 is 0 Å². The quantitative estimate of drug-likeness (QED) is 0.313. The fraction of sp³-hybridized carbons (Fsp3) is 0.188. The summed E-state index contributed by atoms with van der Waals surface area (Å²) in [5.74, 6) is 0.465. The maximum absolute atomic E-state index is 2.44. The summed E-state index contributed by atoms with van der Waals surface area (Å²) in [5, 5.41) is 2.58. The average molecular weight is 430 g/mol. The van der Waals surface area contributed by atoms with Crippen molar-refractivity contribution in [3.63, 3.8) is 0 Å². The summed E-state index contributed by atoms with van der Waals surface area (Å²) in [4.78, 5) is 2.44. The summed E-state index contributed by atoms with van der Waals surface area (Å²) in [5.41, 5.74) is 6.24. The van der Waals surface area contributed by atoms with E-state index in [2.05, 4.69) is 141 Å². The monoisotopic (exact) mass is 429 g/mol. The van der Waals surface area contributed by atoms with E-state index in [1.54, 1.807) is 0 Å². The Kier molecular flexibility index (Phi) is 5.64. The highest BCUT2D eigenvalue weighted by Crippen LogP contribution is 2.37. The van der Waals surface area contributed by atoms with Crippen molar-refractivity contribution < 1.29 is 0 Å². The van der Waals surface area contributed by atoms with Gasteiger partial charge in [0.25, 0.3) is 0 Å². The van der Waals surface area contributed by atoms with Gasteiger partial charge in [-0.3, -0.25) is 0 Å². The Labute approximate surface area is 197 Å². The van der Waals surface area contributed by atoms with E-state index < -0.39 is 0 Å². The van der Waals surface area contributed by atoms with Gasteiger partial charge in [0.15, 0.2) is 0 Å². The fourth-order valence-electron chi connectivity index (χ4n) is 4.81. The summed E-state index contributed by atoms with van der Waals surface area (Å²) >= 11 is 0. The lowest BCUT2D eigenvalue weighted by atomic mass is 9.91. The molecule has 4 aromatic carbocycles. The Morgan fingerprint density at radius 1 is 0.667 bits per heavy atom. The SMILES string of the molecule is CC(C)(C)N(c1ccc(-c2ccccc2)cc1)c1ccc2ccc(C3C=CC=CC3)cc2c1. The van der Waals surface area contributed by atoms with Crippen molar-refractivity contribution in [2.24, 2.45) is 0 Å². The molecule has 0 radical (unpaired) electrons. The topological polar surface area (TPSA) is 3.24 Å². The first-order valence-electron chi connectivity index (χ1n) is 11.8. The molecule has 5 rings (SSSR count). The van der Waals surface area contributed by atoms with Crippen LogP contribution in [0.25, 0.3) is 21.9 Å². The first-order valence-corrected chi connectivity index (χ1v) is 11.8. The van der Waals surface area contributed by atoms with Crippen molar-refractivity contribution >= 4 is 22.1 Å². The van der Waals surface area contributed by atoms with E-state index in [1.165, 1.54) is 38.8 Å². The Morgan fingerprint density at radius 2 is 1.36 bits per heavy atom. The minimum absolute atomic E-state index is 0.0591. The third-order valence-corrected chi connectivity index (χ3v) is 6.42. The van der Waals surface area contributed by atoms with Gasteiger partial charge in [0, 0.05) is 22.8 Å². The number of allylic oxidation sites excluding steroid dienone is 4. The highest BCUT2D eigenvalue weighted by Gasteiger charge is 2.24. The predicted octanol–water partition coefficient (Wildman–Crippen LogP) is 9.04. The van der Waals surface area contributed by atoms with Crippen LogP contribution in [0.5, 0.6) is 0 Å². The molecule has 0 bridgehead atoms. The summed E-state index contributed by atoms with van der Waals surface area (Å²) in [7, 11) is 0. The van der Waals surface area contributed by atoms with E-state index in [-0.39, 0.29) is 5.54 Å². The number of benzene rings is 4. The molecule has 0 spiro atoms. The minimum atomic E-state index is -0.0591. The molecule has 1 aliphatic carbocycles. The number of fused-ring (bicyclic) bond motifs is 1. The zero-order valence-electron chi connectivity index (χ0n) is 19.7. The molecule has 1 atom stereocenters. The Balaban J connectivity index is 1.52. The van der Waals surface area contributed by atoms with E-state index in [0.717, 1.165) is 6.42 Å². The molecule has 0 aliphatic heterocycles. The largest absolute Gasteiger partial charge is 0.336 e. The van der Waals surface area contributed by atoms with E-state index in [9.17, 15) is 0 Å². The van der Waals surface area contributed by atoms with E-state index >= 15 is 0 Å². The van der Waals surface area contributed by atoms with Crippen LogP contribution in [0.2, 0.25) is 0 Å². The van der Waals surface area contributed by atoms with Crippen molar-refractivity contribution in [1.29, 1.82) is 0 Å². The van der Waals surface area contributed by atoms with Crippen molar-refractivity contribution in [2.45, 2.75) is 38.6 Å². The zero-order chi connectivity index (χ0) is 22.8. The lowest BCUT2D eigenvalue weighted by molar-refractivity contribution is 0.560. The van der Waals surface area contributed by atoms with Gasteiger partial charge in [-0.05, 0) is 78.9 Å². The molecule has 4 aromatic rings. The molecule has 1 nitrogen and oxygen atoms in total. The molecule has 0 heterocycles. The van der Waals surface area contributed by atoms with Crippen molar-refractivity contribution in [3.8, 4) is 11.1 Å². The second kappa shape index (κ2) is 8.75. The standard InChI is InChI=1S/C32H31N/c1-32(2,3)33(30-19-16-26(17-20-30)24-10-6-4-7-11-24)31-21-18-27-14-15-28(22-29(27)23-31)25-12-8-5-9-13-25/h4-12,14-23,25H,13H2,1-3H3. The number of anilines is 2. The van der Waals surface area contributed by atoms with Gasteiger partial charge in [0.05, 0.1) is 0 Å². The van der Waals surface area contributed by atoms with Crippen LogP contribution in [0, 0.1) is 0 Å². The first-order chi connectivity index (χ1) is 16.0. The molecule has 1 unspecified atom stereocenters. The lowest BCUT2D eigenvalue weighted by Crippen LogP contribution is -2.37. The number of rotatable bonds is 4. The molecule has 0 aromatic heterocycles. The molecule has 164 valence electrons. The van der Waals surface area contributed by atoms with Crippen LogP contribution < -0.4 is 4.90 Å². The van der Waals surface area contributed by atoms with Gasteiger partial charge >= 0.3 is 0 Å². The molecule has 0 amide bonds. The smallest absolute Gasteiger partial charge is 0.0422 e. The highest BCUT2D eigenvalue weighted by molar-refractivity contribution is 5.88. The van der Waals surface area contributed by atoms with E-state index in [1.807, 2.05) is 0 Å². The third kappa shape index (κ3) is 4.50. The van der Waals surface area contributed by atoms with Crippen LogP contribution in [0.4, 0.5) is 11.4 Å². The van der Waals surface area contributed by atoms with E-state index in [4.69, 9.17) is 0 Å². The van der Waals surface area contributed by atoms with Crippen molar-refractivity contribution in [1.82, 2.24) is 0 Å². The maximum atomic E-state index is 2.44. The average Bonchev–Trinajstić information content (AvgIpc) is 2.84. The van der Waals surface area contributed by atoms with Crippen LogP contribution in [0.1, 0.15) is 38.7 Å². The van der Waals surface area contributed by atoms with Gasteiger partial charge in [-0.15, -0.1) is 0 Å². The van der Waals surface area contributed by atoms with E-state index in [0.29, 0.717) is 5.92 Å². The van der Waals surface area contributed by atoms with Crippen LogP contribution in [-0.4, -0.2) is 5.54 Å². The van der Waals surface area contributed by atoms with Gasteiger partial charge in [-0.25, -0.2) is 0 Å². The normalized spacial score (nSPS) is 15.7. The Bertz CT molecular complexity index is 1300. The van der Waals surface area contributed by atoms with Crippen molar-refractivity contribution in [2.75, 3.05) is 4.90 Å². The molecule has 1 aliphatic rings. The van der Waals surface area contributed by atoms with Gasteiger partial charge in [0.2, 0.25) is 0 Å². The second-order valence-electron chi connectivity index (χ2n) is 9.87. The zero-order valence-corrected chi connectivity index (χ0v) is 19.7. The molecular formula is C32H31N. The molecule has 0 fully saturated rings. The van der Waals surface area contributed by atoms with Gasteiger partial charge in [0.1, 0.15) is 0 Å². The van der Waals surface area contributed by atoms with Gasteiger partial charge in [-0.1, -0.05) is 91.0 Å². The number of hydrogen-bond acceptors (Lipinski definition) is 1. The van der Waals surface area contributed by atoms with Crippen LogP contribution in [0.3, 0.4) is 0 Å². The van der Waals surface area contributed by atoms with Gasteiger partial charge < -0.3 is 4.90 Å². The lowest BCUT2D eigenvalue weighted by Gasteiger charge is -2.38. The summed E-state index contributed by atoms with van der Waals surface area (Å²) in [6, 6.07) is 33.3. The molecule has 0 saturated heterocycles. The summed E-state index contributed by atoms with van der Waals surface area (Å²) < 4.78 is 0. The number of hydrogen-bond donors (Lipinski definition) is 0. The second-order valence-corrected chi connectivity index (χ2v) is 9.87. The van der Waals surface area contributed by atoms with Crippen molar-refractivity contribution in [3.05, 3.63) is 121 Å². The van der Waals surface area contributed by atoms with Crippen LogP contribution in [0.15, 0.2) is 115 Å². The minimum Gasteiger partial charge on any atom is -0.336 e. The predicted molar refractivity (Wildman–Crippen MR) is 143 cm³/mol. The summed E-state index contributed by atoms with van der Waals surface area (Å²) in [6.07, 6.45) is 9.94. The highest BCUT2D eigenvalue weighted by atomic mass is 15.2. The van der Waals surface area contributed by atoms with Crippen LogP contribution in [-0.2, 0) is 0 Å². The molecular weight excluding hydrogens is 398 g/mol. The fourth-order valence-corrected chi connectivity index (χ4v) is 4.81. The molecule has 0 N–H and O–H groups in total. The molecule has 33 heavy (non-hydrogen) atoms. The Hall–Kier alpha value is -3.58. The maximum Gasteiger partial charge on any atom is 0.0422 e. The summed E-state index contributed by atoms with van der Waals surface area (Å²) in [6.45, 7) is 6.83. The third-order valence-electron chi connectivity index (χ3n) is 6.42. The Morgan fingerprint density at radius 3 is 2.06 bits per heavy atom. The van der Waals surface area contributed by atoms with Gasteiger partial charge in [-0.2, -0.15) is 0 Å². The number of nitrogens with zero attached hydrogens (tertiary/aromatic N) is 1. The first kappa shape index (κ1) is 21.3.